The summed E-state index contributed by atoms with van der Waals surface area (Å²) in [6.07, 6.45) is 1.14. The third-order valence-electron chi connectivity index (χ3n) is 1.93. The van der Waals surface area contributed by atoms with Crippen molar-refractivity contribution in [2.24, 2.45) is 0 Å². The number of H-pyrrole nitrogens is 1. The van der Waals surface area contributed by atoms with Crippen molar-refractivity contribution in [1.82, 2.24) is 9.97 Å². The van der Waals surface area contributed by atoms with Crippen molar-refractivity contribution >= 4 is 16.6 Å². The van der Waals surface area contributed by atoms with Crippen molar-refractivity contribution < 1.29 is 10.0 Å². The van der Waals surface area contributed by atoms with Crippen LogP contribution in [0.3, 0.4) is 0 Å². The molecule has 0 unspecified atom stereocenters. The van der Waals surface area contributed by atoms with Crippen LogP contribution >= 0.6 is 0 Å². The molecule has 7 heteroatoms. The molecule has 0 aliphatic carbocycles. The highest BCUT2D eigenvalue weighted by Gasteiger charge is 2.15. The van der Waals surface area contributed by atoms with Crippen LogP contribution in [-0.4, -0.2) is 20.0 Å². The van der Waals surface area contributed by atoms with E-state index in [2.05, 4.69) is 9.97 Å². The number of nitrogens with zero attached hydrogens (tertiary/aromatic N) is 2. The van der Waals surface area contributed by atoms with E-state index in [1.165, 1.54) is 0 Å². The number of benzene rings is 1. The monoisotopic (exact) mass is 207 g/mol. The van der Waals surface area contributed by atoms with Crippen LogP contribution in [0.25, 0.3) is 10.9 Å². The van der Waals surface area contributed by atoms with Crippen molar-refractivity contribution in [3.8, 4) is 5.75 Å². The lowest BCUT2D eigenvalue weighted by atomic mass is 10.2. The Hall–Kier alpha value is -2.44. The molecule has 76 valence electrons. The Morgan fingerprint density at radius 1 is 1.47 bits per heavy atom. The highest BCUT2D eigenvalue weighted by molar-refractivity contribution is 5.82. The highest BCUT2D eigenvalue weighted by Crippen LogP contribution is 2.28. The van der Waals surface area contributed by atoms with Gasteiger partial charge in [0.05, 0.1) is 22.2 Å². The van der Waals surface area contributed by atoms with Crippen molar-refractivity contribution in [3.05, 3.63) is 38.9 Å². The van der Waals surface area contributed by atoms with Crippen LogP contribution in [0.4, 0.5) is 5.69 Å². The molecule has 0 saturated heterocycles. The van der Waals surface area contributed by atoms with Gasteiger partial charge in [-0.1, -0.05) is 0 Å². The zero-order valence-electron chi connectivity index (χ0n) is 7.30. The standard InChI is InChI=1S/C8H5N3O4/c12-7-1-4-5(2-6(7)11(14)15)9-3-10-8(4)13/h1-3,12H,(H,9,10,13). The molecule has 0 atom stereocenters. The molecule has 2 aromatic rings. The summed E-state index contributed by atoms with van der Waals surface area (Å²) in [6.45, 7) is 0. The largest absolute Gasteiger partial charge is 0.502 e. The molecule has 0 spiro atoms. The molecule has 1 heterocycles. The fraction of sp³-hybridized carbons (Fsp3) is 0. The number of aromatic hydroxyl groups is 1. The zero-order valence-corrected chi connectivity index (χ0v) is 7.30. The van der Waals surface area contributed by atoms with E-state index in [9.17, 15) is 20.0 Å². The van der Waals surface area contributed by atoms with Gasteiger partial charge in [0.2, 0.25) is 0 Å². The van der Waals surface area contributed by atoms with Gasteiger partial charge in [0.15, 0.2) is 5.75 Å². The van der Waals surface area contributed by atoms with Gasteiger partial charge >= 0.3 is 5.69 Å². The van der Waals surface area contributed by atoms with Gasteiger partial charge in [-0.05, 0) is 0 Å². The third-order valence-corrected chi connectivity index (χ3v) is 1.93. The maximum Gasteiger partial charge on any atom is 0.312 e. The van der Waals surface area contributed by atoms with E-state index in [1.54, 1.807) is 0 Å². The molecule has 1 aromatic heterocycles. The minimum atomic E-state index is -0.738. The zero-order chi connectivity index (χ0) is 11.0. The van der Waals surface area contributed by atoms with Gasteiger partial charge in [0.25, 0.3) is 5.56 Å². The summed E-state index contributed by atoms with van der Waals surface area (Å²) in [7, 11) is 0. The van der Waals surface area contributed by atoms with Gasteiger partial charge in [-0.3, -0.25) is 14.9 Å². The van der Waals surface area contributed by atoms with E-state index >= 15 is 0 Å². The second-order valence-corrected chi connectivity index (χ2v) is 2.85. The van der Waals surface area contributed by atoms with E-state index in [4.69, 9.17) is 0 Å². The van der Waals surface area contributed by atoms with Crippen LogP contribution in [-0.2, 0) is 0 Å². The van der Waals surface area contributed by atoms with Gasteiger partial charge in [0.1, 0.15) is 0 Å². The first-order valence-electron chi connectivity index (χ1n) is 3.94. The summed E-state index contributed by atoms with van der Waals surface area (Å²) in [4.78, 5) is 27.0. The Morgan fingerprint density at radius 2 is 2.20 bits per heavy atom. The van der Waals surface area contributed by atoms with Gasteiger partial charge in [-0.25, -0.2) is 4.98 Å². The summed E-state index contributed by atoms with van der Waals surface area (Å²) in [6, 6.07) is 2.08. The van der Waals surface area contributed by atoms with Crippen molar-refractivity contribution in [3.63, 3.8) is 0 Å². The Labute approximate surface area is 82.2 Å². The molecule has 1 aromatic carbocycles. The Morgan fingerprint density at radius 3 is 2.87 bits per heavy atom. The van der Waals surface area contributed by atoms with Crippen LogP contribution in [0.1, 0.15) is 0 Å². The lowest BCUT2D eigenvalue weighted by molar-refractivity contribution is -0.385. The minimum Gasteiger partial charge on any atom is -0.502 e. The molecule has 2 rings (SSSR count). The molecule has 0 aliphatic rings. The number of nitro groups is 1. The Balaban J connectivity index is 2.88. The van der Waals surface area contributed by atoms with Crippen LogP contribution < -0.4 is 5.56 Å². The number of phenols is 1. The summed E-state index contributed by atoms with van der Waals surface area (Å²) in [5, 5.41) is 19.9. The van der Waals surface area contributed by atoms with Gasteiger partial charge in [-0.15, -0.1) is 0 Å². The van der Waals surface area contributed by atoms with Gasteiger partial charge < -0.3 is 10.1 Å². The maximum atomic E-state index is 11.2. The van der Waals surface area contributed by atoms with E-state index < -0.39 is 21.9 Å². The number of aromatic amines is 1. The second-order valence-electron chi connectivity index (χ2n) is 2.85. The average Bonchev–Trinajstić information content (AvgIpc) is 2.18. The fourth-order valence-electron chi connectivity index (χ4n) is 1.24. The lowest BCUT2D eigenvalue weighted by Crippen LogP contribution is -2.06. The molecular formula is C8H5N3O4. The molecule has 2 N–H and O–H groups in total. The first-order chi connectivity index (χ1) is 7.09. The lowest BCUT2D eigenvalue weighted by Gasteiger charge is -1.98. The number of hydrogen-bond acceptors (Lipinski definition) is 5. The van der Waals surface area contributed by atoms with E-state index in [1.807, 2.05) is 0 Å². The van der Waals surface area contributed by atoms with Crippen LogP contribution in [0.2, 0.25) is 0 Å². The smallest absolute Gasteiger partial charge is 0.312 e. The van der Waals surface area contributed by atoms with Gasteiger partial charge in [-0.2, -0.15) is 0 Å². The molecular weight excluding hydrogens is 202 g/mol. The van der Waals surface area contributed by atoms with Crippen molar-refractivity contribution in [1.29, 1.82) is 0 Å². The first-order valence-corrected chi connectivity index (χ1v) is 3.94. The molecule has 0 fully saturated rings. The topological polar surface area (TPSA) is 109 Å². The molecule has 0 saturated carbocycles. The predicted octanol–water partition coefficient (Wildman–Crippen LogP) is 0.537. The quantitative estimate of drug-likeness (QED) is 0.523. The molecule has 0 aliphatic heterocycles. The normalized spacial score (nSPS) is 10.4. The second kappa shape index (κ2) is 3.05. The molecule has 0 radical (unpaired) electrons. The Bertz CT molecular complexity index is 604. The minimum absolute atomic E-state index is 0.112. The van der Waals surface area contributed by atoms with E-state index in [-0.39, 0.29) is 10.9 Å². The molecule has 7 nitrogen and oxygen atoms in total. The van der Waals surface area contributed by atoms with E-state index in [0.29, 0.717) is 0 Å². The van der Waals surface area contributed by atoms with Crippen molar-refractivity contribution in [2.75, 3.05) is 0 Å². The number of phenolic OH excluding ortho intramolecular Hbond substituents is 1. The summed E-state index contributed by atoms with van der Waals surface area (Å²) < 4.78 is 0. The van der Waals surface area contributed by atoms with Gasteiger partial charge in [0, 0.05) is 12.1 Å². The first kappa shape index (κ1) is 9.13. The van der Waals surface area contributed by atoms with Crippen LogP contribution in [0, 0.1) is 10.1 Å². The Kier molecular flexibility index (Phi) is 1.86. The average molecular weight is 207 g/mol. The molecule has 0 amide bonds. The number of aromatic nitrogens is 2. The molecule has 0 bridgehead atoms. The highest BCUT2D eigenvalue weighted by atomic mass is 16.6. The maximum absolute atomic E-state index is 11.2. The summed E-state index contributed by atoms with van der Waals surface area (Å²) >= 11 is 0. The number of rotatable bonds is 1. The van der Waals surface area contributed by atoms with Crippen LogP contribution in [0.15, 0.2) is 23.3 Å². The number of nitro benzene ring substituents is 1. The third kappa shape index (κ3) is 1.39. The fourth-order valence-corrected chi connectivity index (χ4v) is 1.24. The molecule has 15 heavy (non-hydrogen) atoms. The SMILES string of the molecule is O=c1[nH]cnc2cc([N+](=O)[O-])c(O)cc12. The summed E-state index contributed by atoms with van der Waals surface area (Å²) in [5.74, 6) is -0.550. The summed E-state index contributed by atoms with van der Waals surface area (Å²) in [5.41, 5.74) is -0.756. The number of hydrogen-bond donors (Lipinski definition) is 2. The number of fused-ring (bicyclic) bond motifs is 1. The van der Waals surface area contributed by atoms with Crippen LogP contribution in [0.5, 0.6) is 5.75 Å². The predicted molar refractivity (Wildman–Crippen MR) is 50.7 cm³/mol. The van der Waals surface area contributed by atoms with Crippen molar-refractivity contribution in [2.45, 2.75) is 0 Å². The van der Waals surface area contributed by atoms with E-state index in [0.717, 1.165) is 18.5 Å². The number of nitrogens with one attached hydrogen (secondary N) is 1.